The van der Waals surface area contributed by atoms with Gasteiger partial charge in [0.15, 0.2) is 11.5 Å². The number of methoxy groups -OCH3 is 1. The molecule has 0 unspecified atom stereocenters. The van der Waals surface area contributed by atoms with Crippen molar-refractivity contribution in [2.75, 3.05) is 20.3 Å². The van der Waals surface area contributed by atoms with E-state index in [0.717, 1.165) is 11.1 Å². The van der Waals surface area contributed by atoms with Gasteiger partial charge in [0.2, 0.25) is 0 Å². The Morgan fingerprint density at radius 3 is 2.65 bits per heavy atom. The molecule has 0 N–H and O–H groups in total. The Morgan fingerprint density at radius 1 is 1.09 bits per heavy atom. The van der Waals surface area contributed by atoms with E-state index in [1.807, 2.05) is 25.1 Å². The first-order valence-electron chi connectivity index (χ1n) is 7.37. The first-order valence-corrected chi connectivity index (χ1v) is 7.37. The maximum absolute atomic E-state index is 12.2. The number of rotatable bonds is 4. The van der Waals surface area contributed by atoms with E-state index in [1.54, 1.807) is 25.3 Å². The quantitative estimate of drug-likeness (QED) is 0.812. The SMILES string of the molecule is COc1ccc(C)cc1COC(=O)c1ccc2c(c1)OCCO2. The van der Waals surface area contributed by atoms with Crippen molar-refractivity contribution in [2.45, 2.75) is 13.5 Å². The molecule has 1 aliphatic heterocycles. The predicted octanol–water partition coefficient (Wildman–Crippen LogP) is 3.13. The molecule has 2 aromatic carbocycles. The van der Waals surface area contributed by atoms with Gasteiger partial charge in [-0.3, -0.25) is 0 Å². The van der Waals surface area contributed by atoms with Crippen LogP contribution >= 0.6 is 0 Å². The van der Waals surface area contributed by atoms with Gasteiger partial charge in [-0.05, 0) is 37.3 Å². The Labute approximate surface area is 134 Å². The van der Waals surface area contributed by atoms with Gasteiger partial charge in [0.25, 0.3) is 0 Å². The molecule has 120 valence electrons. The summed E-state index contributed by atoms with van der Waals surface area (Å²) in [4.78, 5) is 12.2. The molecule has 0 aliphatic carbocycles. The maximum atomic E-state index is 12.2. The van der Waals surface area contributed by atoms with Crippen molar-refractivity contribution >= 4 is 5.97 Å². The molecular formula is C18H18O5. The fourth-order valence-electron chi connectivity index (χ4n) is 2.42. The number of ether oxygens (including phenoxy) is 4. The lowest BCUT2D eigenvalue weighted by Crippen LogP contribution is -2.16. The molecule has 1 aliphatic rings. The molecule has 0 aromatic heterocycles. The smallest absolute Gasteiger partial charge is 0.338 e. The highest BCUT2D eigenvalue weighted by molar-refractivity contribution is 5.90. The summed E-state index contributed by atoms with van der Waals surface area (Å²) < 4.78 is 21.6. The molecule has 0 radical (unpaired) electrons. The van der Waals surface area contributed by atoms with Crippen LogP contribution in [0.4, 0.5) is 0 Å². The number of carbonyl (C=O) groups is 1. The monoisotopic (exact) mass is 314 g/mol. The van der Waals surface area contributed by atoms with Gasteiger partial charge in [0, 0.05) is 5.56 Å². The van der Waals surface area contributed by atoms with Crippen molar-refractivity contribution in [1.29, 1.82) is 0 Å². The molecule has 0 atom stereocenters. The summed E-state index contributed by atoms with van der Waals surface area (Å²) in [6, 6.07) is 10.8. The number of hydrogen-bond acceptors (Lipinski definition) is 5. The topological polar surface area (TPSA) is 54.0 Å². The van der Waals surface area contributed by atoms with Crippen LogP contribution in [0.25, 0.3) is 0 Å². The van der Waals surface area contributed by atoms with E-state index in [1.165, 1.54) is 0 Å². The van der Waals surface area contributed by atoms with Crippen molar-refractivity contribution in [3.05, 3.63) is 53.1 Å². The van der Waals surface area contributed by atoms with Gasteiger partial charge in [-0.25, -0.2) is 4.79 Å². The summed E-state index contributed by atoms with van der Waals surface area (Å²) in [5.41, 5.74) is 2.34. The van der Waals surface area contributed by atoms with E-state index in [0.29, 0.717) is 36.0 Å². The summed E-state index contributed by atoms with van der Waals surface area (Å²) in [7, 11) is 1.59. The summed E-state index contributed by atoms with van der Waals surface area (Å²) in [6.07, 6.45) is 0. The highest BCUT2D eigenvalue weighted by atomic mass is 16.6. The molecule has 1 heterocycles. The van der Waals surface area contributed by atoms with Gasteiger partial charge in [0.05, 0.1) is 12.7 Å². The largest absolute Gasteiger partial charge is 0.496 e. The van der Waals surface area contributed by atoms with E-state index >= 15 is 0 Å². The molecule has 23 heavy (non-hydrogen) atoms. The Hall–Kier alpha value is -2.69. The van der Waals surface area contributed by atoms with Crippen molar-refractivity contribution in [3.63, 3.8) is 0 Å². The minimum absolute atomic E-state index is 0.151. The fourth-order valence-corrected chi connectivity index (χ4v) is 2.42. The highest BCUT2D eigenvalue weighted by Gasteiger charge is 2.16. The van der Waals surface area contributed by atoms with Crippen LogP contribution in [0.3, 0.4) is 0 Å². The third kappa shape index (κ3) is 3.39. The van der Waals surface area contributed by atoms with E-state index in [-0.39, 0.29) is 6.61 Å². The molecular weight excluding hydrogens is 296 g/mol. The van der Waals surface area contributed by atoms with E-state index in [2.05, 4.69) is 0 Å². The van der Waals surface area contributed by atoms with Crippen LogP contribution in [0, 0.1) is 6.92 Å². The Kier molecular flexibility index (Phi) is 4.37. The highest BCUT2D eigenvalue weighted by Crippen LogP contribution is 2.31. The van der Waals surface area contributed by atoms with E-state index in [4.69, 9.17) is 18.9 Å². The van der Waals surface area contributed by atoms with Crippen molar-refractivity contribution in [3.8, 4) is 17.2 Å². The van der Waals surface area contributed by atoms with Crippen molar-refractivity contribution < 1.29 is 23.7 Å². The molecule has 5 nitrogen and oxygen atoms in total. The minimum atomic E-state index is -0.412. The molecule has 0 spiro atoms. The van der Waals surface area contributed by atoms with Crippen LogP contribution in [-0.2, 0) is 11.3 Å². The zero-order valence-corrected chi connectivity index (χ0v) is 13.1. The lowest BCUT2D eigenvalue weighted by atomic mass is 10.1. The third-order valence-electron chi connectivity index (χ3n) is 3.57. The average Bonchev–Trinajstić information content (AvgIpc) is 2.59. The Bertz CT molecular complexity index is 723. The summed E-state index contributed by atoms with van der Waals surface area (Å²) in [5.74, 6) is 1.50. The maximum Gasteiger partial charge on any atom is 0.338 e. The standard InChI is InChI=1S/C18H18O5/c1-12-3-5-15(20-2)14(9-12)11-23-18(19)13-4-6-16-17(10-13)22-8-7-21-16/h3-6,9-10H,7-8,11H2,1-2H3. The number of aryl methyl sites for hydroxylation is 1. The van der Waals surface area contributed by atoms with Crippen molar-refractivity contribution in [1.82, 2.24) is 0 Å². The molecule has 0 bridgehead atoms. The zero-order chi connectivity index (χ0) is 16.2. The second-order valence-corrected chi connectivity index (χ2v) is 5.25. The van der Waals surface area contributed by atoms with Gasteiger partial charge in [-0.2, -0.15) is 0 Å². The van der Waals surface area contributed by atoms with Crippen LogP contribution in [0.2, 0.25) is 0 Å². The van der Waals surface area contributed by atoms with E-state index < -0.39 is 5.97 Å². The third-order valence-corrected chi connectivity index (χ3v) is 3.57. The number of carbonyl (C=O) groups excluding carboxylic acids is 1. The minimum Gasteiger partial charge on any atom is -0.496 e. The molecule has 0 saturated heterocycles. The van der Waals surface area contributed by atoms with Crippen LogP contribution < -0.4 is 14.2 Å². The Balaban J connectivity index is 1.71. The molecule has 0 amide bonds. The molecule has 2 aromatic rings. The number of hydrogen-bond donors (Lipinski definition) is 0. The average molecular weight is 314 g/mol. The predicted molar refractivity (Wildman–Crippen MR) is 84.3 cm³/mol. The number of fused-ring (bicyclic) bond motifs is 1. The number of benzene rings is 2. The summed E-state index contributed by atoms with van der Waals surface area (Å²) in [5, 5.41) is 0. The molecule has 5 heteroatoms. The zero-order valence-electron chi connectivity index (χ0n) is 13.1. The van der Waals surface area contributed by atoms with Crippen LogP contribution in [-0.4, -0.2) is 26.3 Å². The van der Waals surface area contributed by atoms with Crippen LogP contribution in [0.5, 0.6) is 17.2 Å². The van der Waals surface area contributed by atoms with Crippen molar-refractivity contribution in [2.24, 2.45) is 0 Å². The van der Waals surface area contributed by atoms with Gasteiger partial charge >= 0.3 is 5.97 Å². The summed E-state index contributed by atoms with van der Waals surface area (Å²) in [6.45, 7) is 3.12. The van der Waals surface area contributed by atoms with Gasteiger partial charge < -0.3 is 18.9 Å². The van der Waals surface area contributed by atoms with Gasteiger partial charge in [-0.1, -0.05) is 11.6 Å². The second-order valence-electron chi connectivity index (χ2n) is 5.25. The van der Waals surface area contributed by atoms with Crippen LogP contribution in [0.1, 0.15) is 21.5 Å². The fraction of sp³-hybridized carbons (Fsp3) is 0.278. The Morgan fingerprint density at radius 2 is 1.87 bits per heavy atom. The first kappa shape index (κ1) is 15.2. The molecule has 3 rings (SSSR count). The lowest BCUT2D eigenvalue weighted by Gasteiger charge is -2.18. The van der Waals surface area contributed by atoms with Gasteiger partial charge in [0.1, 0.15) is 25.6 Å². The summed E-state index contributed by atoms with van der Waals surface area (Å²) >= 11 is 0. The molecule has 0 saturated carbocycles. The first-order chi connectivity index (χ1) is 11.2. The van der Waals surface area contributed by atoms with E-state index in [9.17, 15) is 4.79 Å². The van der Waals surface area contributed by atoms with Crippen LogP contribution in [0.15, 0.2) is 36.4 Å². The normalized spacial score (nSPS) is 12.6. The molecule has 0 fully saturated rings. The number of esters is 1. The lowest BCUT2D eigenvalue weighted by molar-refractivity contribution is 0.0469. The van der Waals surface area contributed by atoms with Gasteiger partial charge in [-0.15, -0.1) is 0 Å². The second kappa shape index (κ2) is 6.60.